The van der Waals surface area contributed by atoms with Gasteiger partial charge in [-0.25, -0.2) is 8.42 Å². The molecule has 4 rings (SSSR count). The Morgan fingerprint density at radius 1 is 1.31 bits per heavy atom. The maximum atomic E-state index is 12.8. The molecule has 1 spiro atoms. The number of ether oxygens (including phenoxy) is 1. The van der Waals surface area contributed by atoms with Crippen LogP contribution in [0, 0.1) is 5.92 Å². The molecule has 7 nitrogen and oxygen atoms in total. The van der Waals surface area contributed by atoms with Crippen molar-refractivity contribution in [3.63, 3.8) is 0 Å². The van der Waals surface area contributed by atoms with Crippen LogP contribution in [0.4, 0.5) is 0 Å². The van der Waals surface area contributed by atoms with Gasteiger partial charge in [-0.15, -0.1) is 0 Å². The first-order valence-corrected chi connectivity index (χ1v) is 12.2. The van der Waals surface area contributed by atoms with Crippen LogP contribution in [0.25, 0.3) is 0 Å². The van der Waals surface area contributed by atoms with Crippen molar-refractivity contribution in [2.45, 2.75) is 50.7 Å². The first-order valence-electron chi connectivity index (χ1n) is 10.4. The molecule has 2 amide bonds. The summed E-state index contributed by atoms with van der Waals surface area (Å²) in [7, 11) is -3.12. The minimum Gasteiger partial charge on any atom is -0.487 e. The van der Waals surface area contributed by atoms with Crippen LogP contribution in [0.5, 0.6) is 5.75 Å². The fourth-order valence-electron chi connectivity index (χ4n) is 4.76. The summed E-state index contributed by atoms with van der Waals surface area (Å²) in [5, 5.41) is 3.10. The largest absolute Gasteiger partial charge is 0.487 e. The summed E-state index contributed by atoms with van der Waals surface area (Å²) in [5.74, 6) is 0.188. The fraction of sp³-hybridized carbons (Fsp3) is 0.619. The van der Waals surface area contributed by atoms with E-state index in [0.717, 1.165) is 11.3 Å². The Balaban J connectivity index is 1.57. The zero-order chi connectivity index (χ0) is 20.6. The lowest BCUT2D eigenvalue weighted by atomic mass is 9.82. The number of carbonyl (C=O) groups excluding carboxylic acids is 2. The van der Waals surface area contributed by atoms with E-state index in [0.29, 0.717) is 45.2 Å². The number of fused-ring (bicyclic) bond motifs is 1. The number of nitrogens with one attached hydrogen (secondary N) is 1. The Morgan fingerprint density at radius 3 is 2.83 bits per heavy atom. The molecule has 3 heterocycles. The zero-order valence-corrected chi connectivity index (χ0v) is 17.5. The van der Waals surface area contributed by atoms with Gasteiger partial charge in [0.1, 0.15) is 11.4 Å². The number of carbonyl (C=O) groups is 2. The summed E-state index contributed by atoms with van der Waals surface area (Å²) in [6.07, 6.45) is 2.72. The maximum absolute atomic E-state index is 12.8. The summed E-state index contributed by atoms with van der Waals surface area (Å²) in [4.78, 5) is 27.0. The molecule has 1 aromatic rings. The molecular formula is C21H28N2O5S. The average molecular weight is 421 g/mol. The van der Waals surface area contributed by atoms with Crippen molar-refractivity contribution in [1.29, 1.82) is 0 Å². The van der Waals surface area contributed by atoms with E-state index in [1.165, 1.54) is 0 Å². The van der Waals surface area contributed by atoms with Crippen molar-refractivity contribution < 1.29 is 22.7 Å². The Morgan fingerprint density at radius 2 is 2.10 bits per heavy atom. The third-order valence-corrected chi connectivity index (χ3v) is 8.25. The number of hydrogen-bond acceptors (Lipinski definition) is 5. The number of nitrogens with zero attached hydrogens (tertiary/aromatic N) is 1. The second-order valence-corrected chi connectivity index (χ2v) is 10.6. The van der Waals surface area contributed by atoms with Gasteiger partial charge in [-0.05, 0) is 25.8 Å². The standard InChI is InChI=1S/C21H28N2O5S/c1-2-23-11-10-21(9-7-19(23)24)13-17(16-5-3-4-6-18(16)28-21)22-20(25)15-8-12-29(26,27)14-15/h3-6,15,17H,2,7-14H2,1H3,(H,22,25)/t15-,17+,21-/m1/s1. The second kappa shape index (κ2) is 7.63. The third kappa shape index (κ3) is 4.13. The highest BCUT2D eigenvalue weighted by Crippen LogP contribution is 2.44. The summed E-state index contributed by atoms with van der Waals surface area (Å²) in [6.45, 7) is 3.30. The van der Waals surface area contributed by atoms with E-state index in [-0.39, 0.29) is 29.4 Å². The van der Waals surface area contributed by atoms with Crippen LogP contribution in [-0.4, -0.2) is 55.3 Å². The van der Waals surface area contributed by atoms with Gasteiger partial charge in [0.05, 0.1) is 23.5 Å². The summed E-state index contributed by atoms with van der Waals surface area (Å²) in [5.41, 5.74) is 0.406. The average Bonchev–Trinajstić information content (AvgIpc) is 2.99. The van der Waals surface area contributed by atoms with Gasteiger partial charge in [-0.1, -0.05) is 18.2 Å². The number of sulfone groups is 1. The first-order chi connectivity index (χ1) is 13.8. The van der Waals surface area contributed by atoms with E-state index in [1.54, 1.807) is 0 Å². The number of likely N-dealkylation sites (tertiary alicyclic amines) is 1. The van der Waals surface area contributed by atoms with Crippen LogP contribution >= 0.6 is 0 Å². The van der Waals surface area contributed by atoms with E-state index < -0.39 is 21.4 Å². The maximum Gasteiger partial charge on any atom is 0.224 e. The predicted octanol–water partition coefficient (Wildman–Crippen LogP) is 1.83. The molecule has 0 saturated carbocycles. The van der Waals surface area contributed by atoms with Crippen LogP contribution in [0.1, 0.15) is 50.6 Å². The number of rotatable bonds is 3. The first kappa shape index (κ1) is 20.2. The number of amides is 2. The van der Waals surface area contributed by atoms with Crippen molar-refractivity contribution in [2.75, 3.05) is 24.6 Å². The van der Waals surface area contributed by atoms with Crippen molar-refractivity contribution in [3.8, 4) is 5.75 Å². The van der Waals surface area contributed by atoms with E-state index in [9.17, 15) is 18.0 Å². The minimum atomic E-state index is -3.12. The molecule has 29 heavy (non-hydrogen) atoms. The highest BCUT2D eigenvalue weighted by atomic mass is 32.2. The van der Waals surface area contributed by atoms with Gasteiger partial charge in [0.25, 0.3) is 0 Å². The molecule has 3 atom stereocenters. The molecule has 3 aliphatic rings. The van der Waals surface area contributed by atoms with Crippen molar-refractivity contribution in [2.24, 2.45) is 5.92 Å². The van der Waals surface area contributed by atoms with Crippen molar-refractivity contribution in [3.05, 3.63) is 29.8 Å². The van der Waals surface area contributed by atoms with E-state index >= 15 is 0 Å². The minimum absolute atomic E-state index is 0.0746. The molecule has 0 bridgehead atoms. The molecular weight excluding hydrogens is 392 g/mol. The lowest BCUT2D eigenvalue weighted by molar-refractivity contribution is -0.130. The van der Waals surface area contributed by atoms with Crippen LogP contribution in [0.2, 0.25) is 0 Å². The quantitative estimate of drug-likeness (QED) is 0.805. The van der Waals surface area contributed by atoms with Crippen molar-refractivity contribution >= 4 is 21.7 Å². The molecule has 158 valence electrons. The Labute approximate surface area is 171 Å². The number of hydrogen-bond donors (Lipinski definition) is 1. The monoisotopic (exact) mass is 420 g/mol. The summed E-state index contributed by atoms with van der Waals surface area (Å²) >= 11 is 0. The fourth-order valence-corrected chi connectivity index (χ4v) is 6.50. The highest BCUT2D eigenvalue weighted by Gasteiger charge is 2.44. The van der Waals surface area contributed by atoms with Crippen LogP contribution < -0.4 is 10.1 Å². The van der Waals surface area contributed by atoms with Crippen LogP contribution in [-0.2, 0) is 19.4 Å². The zero-order valence-electron chi connectivity index (χ0n) is 16.7. The number of para-hydroxylation sites is 1. The van der Waals surface area contributed by atoms with Crippen LogP contribution in [0.15, 0.2) is 24.3 Å². The van der Waals surface area contributed by atoms with Gasteiger partial charge >= 0.3 is 0 Å². The highest BCUT2D eigenvalue weighted by molar-refractivity contribution is 7.91. The van der Waals surface area contributed by atoms with Gasteiger partial charge in [-0.3, -0.25) is 9.59 Å². The van der Waals surface area contributed by atoms with E-state index in [2.05, 4.69) is 5.32 Å². The topological polar surface area (TPSA) is 92.8 Å². The summed E-state index contributed by atoms with van der Waals surface area (Å²) in [6, 6.07) is 7.41. The molecule has 0 radical (unpaired) electrons. The van der Waals surface area contributed by atoms with Crippen molar-refractivity contribution in [1.82, 2.24) is 10.2 Å². The molecule has 2 saturated heterocycles. The van der Waals surface area contributed by atoms with Gasteiger partial charge in [-0.2, -0.15) is 0 Å². The summed E-state index contributed by atoms with van der Waals surface area (Å²) < 4.78 is 30.0. The van der Waals surface area contributed by atoms with Crippen LogP contribution in [0.3, 0.4) is 0 Å². The van der Waals surface area contributed by atoms with Gasteiger partial charge in [0.2, 0.25) is 11.8 Å². The molecule has 1 aromatic carbocycles. The van der Waals surface area contributed by atoms with E-state index in [1.807, 2.05) is 36.1 Å². The Bertz CT molecular complexity index is 915. The normalized spacial score (nSPS) is 31.1. The Kier molecular flexibility index (Phi) is 5.31. The molecule has 1 N–H and O–H groups in total. The predicted molar refractivity (Wildman–Crippen MR) is 108 cm³/mol. The second-order valence-electron chi connectivity index (χ2n) is 8.41. The van der Waals surface area contributed by atoms with Gasteiger partial charge in [0, 0.05) is 37.9 Å². The van der Waals surface area contributed by atoms with Gasteiger partial charge < -0.3 is 15.0 Å². The van der Waals surface area contributed by atoms with Gasteiger partial charge in [0.15, 0.2) is 9.84 Å². The molecule has 0 aliphatic carbocycles. The molecule has 8 heteroatoms. The van der Waals surface area contributed by atoms with E-state index in [4.69, 9.17) is 4.74 Å². The smallest absolute Gasteiger partial charge is 0.224 e. The Hall–Kier alpha value is -2.09. The number of benzene rings is 1. The SMILES string of the molecule is CCN1CC[C@]2(CCC1=O)C[C@H](NC(=O)[C@@H]1CCS(=O)(=O)C1)c1ccccc1O2. The molecule has 2 fully saturated rings. The molecule has 0 aromatic heterocycles. The lowest BCUT2D eigenvalue weighted by Crippen LogP contribution is -2.47. The lowest BCUT2D eigenvalue weighted by Gasteiger charge is -2.42. The third-order valence-electron chi connectivity index (χ3n) is 6.48. The molecule has 3 aliphatic heterocycles. The molecule has 0 unspecified atom stereocenters.